The van der Waals surface area contributed by atoms with E-state index in [-0.39, 0.29) is 0 Å². The van der Waals surface area contributed by atoms with Gasteiger partial charge in [0.2, 0.25) is 0 Å². The van der Waals surface area contributed by atoms with Crippen LogP contribution in [0, 0.1) is 0 Å². The third-order valence-corrected chi connectivity index (χ3v) is 4.49. The molecule has 1 aromatic carbocycles. The second-order valence-electron chi connectivity index (χ2n) is 4.85. The summed E-state index contributed by atoms with van der Waals surface area (Å²) < 4.78 is 0. The average Bonchev–Trinajstić information content (AvgIpc) is 2.30. The molecule has 1 aliphatic rings. The molecule has 82 valence electrons. The van der Waals surface area contributed by atoms with E-state index in [1.165, 1.54) is 37.0 Å². The molecule has 0 atom stereocenters. The van der Waals surface area contributed by atoms with E-state index in [0.717, 1.165) is 0 Å². The third-order valence-electron chi connectivity index (χ3n) is 3.74. The Labute approximate surface area is 97.5 Å². The van der Waals surface area contributed by atoms with Crippen molar-refractivity contribution in [1.82, 2.24) is 0 Å². The van der Waals surface area contributed by atoms with Crippen LogP contribution in [0.15, 0.2) is 29.2 Å². The van der Waals surface area contributed by atoms with E-state index >= 15 is 0 Å². The first-order valence-corrected chi connectivity index (χ1v) is 7.12. The van der Waals surface area contributed by atoms with E-state index in [0.29, 0.717) is 5.41 Å². The minimum absolute atomic E-state index is 0.454. The van der Waals surface area contributed by atoms with Crippen LogP contribution in [0.3, 0.4) is 0 Å². The fourth-order valence-corrected chi connectivity index (χ4v) is 3.02. The molecule has 0 bridgehead atoms. The molecule has 0 nitrogen and oxygen atoms in total. The number of benzene rings is 1. The van der Waals surface area contributed by atoms with Crippen LogP contribution < -0.4 is 0 Å². The first kappa shape index (κ1) is 11.1. The van der Waals surface area contributed by atoms with Crippen molar-refractivity contribution in [2.75, 3.05) is 6.26 Å². The molecule has 15 heavy (non-hydrogen) atoms. The van der Waals surface area contributed by atoms with Crippen LogP contribution in [0.2, 0.25) is 0 Å². The summed E-state index contributed by atoms with van der Waals surface area (Å²) in [6.07, 6.45) is 9.11. The second-order valence-corrected chi connectivity index (χ2v) is 5.73. The van der Waals surface area contributed by atoms with Gasteiger partial charge in [-0.25, -0.2) is 0 Å². The maximum absolute atomic E-state index is 2.43. The fraction of sp³-hybridized carbons (Fsp3) is 0.571. The lowest BCUT2D eigenvalue weighted by Crippen LogP contribution is -2.24. The maximum Gasteiger partial charge on any atom is 0.00693 e. The highest BCUT2D eigenvalue weighted by molar-refractivity contribution is 7.98. The quantitative estimate of drug-likeness (QED) is 0.655. The molecule has 0 radical (unpaired) electrons. The molecule has 1 fully saturated rings. The molecule has 0 spiro atoms. The van der Waals surface area contributed by atoms with Gasteiger partial charge in [0.05, 0.1) is 0 Å². The smallest absolute Gasteiger partial charge is 0.00693 e. The predicted octanol–water partition coefficient (Wildman–Crippen LogP) is 4.63. The summed E-state index contributed by atoms with van der Waals surface area (Å²) >= 11 is 1.82. The number of rotatable bonds is 2. The van der Waals surface area contributed by atoms with Gasteiger partial charge in [0.1, 0.15) is 0 Å². The first-order valence-electron chi connectivity index (χ1n) is 5.89. The fourth-order valence-electron chi connectivity index (χ4n) is 2.61. The lowest BCUT2D eigenvalue weighted by Gasteiger charge is -2.34. The molecule has 0 N–H and O–H groups in total. The van der Waals surface area contributed by atoms with E-state index in [9.17, 15) is 0 Å². The van der Waals surface area contributed by atoms with E-state index in [1.807, 2.05) is 11.8 Å². The number of thioether (sulfide) groups is 1. The van der Waals surface area contributed by atoms with Crippen molar-refractivity contribution < 1.29 is 0 Å². The highest BCUT2D eigenvalue weighted by atomic mass is 32.2. The van der Waals surface area contributed by atoms with Crippen LogP contribution in [0.25, 0.3) is 0 Å². The molecule has 0 amide bonds. The zero-order valence-electron chi connectivity index (χ0n) is 9.75. The SMILES string of the molecule is CSc1ccc(C2(C)CCCCC2)cc1. The van der Waals surface area contributed by atoms with Crippen molar-refractivity contribution in [2.45, 2.75) is 49.3 Å². The molecule has 1 aliphatic carbocycles. The Morgan fingerprint density at radius 3 is 2.13 bits per heavy atom. The molecule has 2 rings (SSSR count). The Morgan fingerprint density at radius 1 is 1.00 bits per heavy atom. The summed E-state index contributed by atoms with van der Waals surface area (Å²) in [5, 5.41) is 0. The average molecular weight is 220 g/mol. The number of hydrogen-bond acceptors (Lipinski definition) is 1. The van der Waals surface area contributed by atoms with Gasteiger partial charge in [-0.05, 0) is 42.2 Å². The third kappa shape index (κ3) is 2.39. The zero-order valence-corrected chi connectivity index (χ0v) is 10.6. The summed E-state index contributed by atoms with van der Waals surface area (Å²) in [6.45, 7) is 2.43. The Bertz CT molecular complexity index is 307. The van der Waals surface area contributed by atoms with Gasteiger partial charge in [-0.15, -0.1) is 11.8 Å². The van der Waals surface area contributed by atoms with Gasteiger partial charge in [0, 0.05) is 4.90 Å². The van der Waals surface area contributed by atoms with E-state index in [4.69, 9.17) is 0 Å². The standard InChI is InChI=1S/C14H20S/c1-14(10-4-3-5-11-14)12-6-8-13(15-2)9-7-12/h6-9H,3-5,10-11H2,1-2H3. The molecule has 1 saturated carbocycles. The van der Waals surface area contributed by atoms with Gasteiger partial charge in [0.25, 0.3) is 0 Å². The molecule has 0 heterocycles. The minimum Gasteiger partial charge on any atom is -0.130 e. The Hall–Kier alpha value is -0.430. The van der Waals surface area contributed by atoms with Crippen molar-refractivity contribution in [3.63, 3.8) is 0 Å². The van der Waals surface area contributed by atoms with Crippen molar-refractivity contribution in [3.05, 3.63) is 29.8 Å². The lowest BCUT2D eigenvalue weighted by atomic mass is 9.71. The van der Waals surface area contributed by atoms with E-state index < -0.39 is 0 Å². The van der Waals surface area contributed by atoms with Crippen molar-refractivity contribution in [3.8, 4) is 0 Å². The zero-order chi connectivity index (χ0) is 10.7. The maximum atomic E-state index is 2.43. The van der Waals surface area contributed by atoms with Crippen LogP contribution in [0.5, 0.6) is 0 Å². The van der Waals surface area contributed by atoms with Gasteiger partial charge in [-0.3, -0.25) is 0 Å². The van der Waals surface area contributed by atoms with Crippen molar-refractivity contribution >= 4 is 11.8 Å². The Morgan fingerprint density at radius 2 is 1.60 bits per heavy atom. The second kappa shape index (κ2) is 4.61. The summed E-state index contributed by atoms with van der Waals surface area (Å²) in [7, 11) is 0. The van der Waals surface area contributed by atoms with E-state index in [1.54, 1.807) is 5.56 Å². The predicted molar refractivity (Wildman–Crippen MR) is 68.7 cm³/mol. The minimum atomic E-state index is 0.454. The largest absolute Gasteiger partial charge is 0.130 e. The normalized spacial score (nSPS) is 20.1. The molecule has 1 heteroatoms. The number of hydrogen-bond donors (Lipinski definition) is 0. The van der Waals surface area contributed by atoms with Crippen LogP contribution in [0.4, 0.5) is 0 Å². The van der Waals surface area contributed by atoms with Gasteiger partial charge < -0.3 is 0 Å². The van der Waals surface area contributed by atoms with Gasteiger partial charge in [-0.2, -0.15) is 0 Å². The van der Waals surface area contributed by atoms with Crippen molar-refractivity contribution in [2.24, 2.45) is 0 Å². The monoisotopic (exact) mass is 220 g/mol. The summed E-state index contributed by atoms with van der Waals surface area (Å²) in [5.41, 5.74) is 2.00. The summed E-state index contributed by atoms with van der Waals surface area (Å²) in [4.78, 5) is 1.37. The first-order chi connectivity index (χ1) is 7.24. The molecule has 0 aliphatic heterocycles. The lowest BCUT2D eigenvalue weighted by molar-refractivity contribution is 0.319. The molecular weight excluding hydrogens is 200 g/mol. The highest BCUT2D eigenvalue weighted by Gasteiger charge is 2.28. The Balaban J connectivity index is 2.20. The van der Waals surface area contributed by atoms with Crippen LogP contribution in [-0.2, 0) is 5.41 Å². The van der Waals surface area contributed by atoms with Gasteiger partial charge in [0.15, 0.2) is 0 Å². The van der Waals surface area contributed by atoms with Crippen LogP contribution in [0.1, 0.15) is 44.6 Å². The van der Waals surface area contributed by atoms with Crippen molar-refractivity contribution in [1.29, 1.82) is 0 Å². The van der Waals surface area contributed by atoms with Crippen LogP contribution >= 0.6 is 11.8 Å². The highest BCUT2D eigenvalue weighted by Crippen LogP contribution is 2.39. The van der Waals surface area contributed by atoms with Gasteiger partial charge in [-0.1, -0.05) is 38.3 Å². The summed E-state index contributed by atoms with van der Waals surface area (Å²) in [5.74, 6) is 0. The summed E-state index contributed by atoms with van der Waals surface area (Å²) in [6, 6.07) is 9.19. The Kier molecular flexibility index (Phi) is 3.40. The van der Waals surface area contributed by atoms with E-state index in [2.05, 4.69) is 37.4 Å². The molecule has 0 saturated heterocycles. The van der Waals surface area contributed by atoms with Crippen LogP contribution in [-0.4, -0.2) is 6.26 Å². The topological polar surface area (TPSA) is 0 Å². The molecular formula is C14H20S. The molecule has 0 aromatic heterocycles. The molecule has 0 unspecified atom stereocenters. The van der Waals surface area contributed by atoms with Gasteiger partial charge >= 0.3 is 0 Å². The molecule has 1 aromatic rings.